The van der Waals surface area contributed by atoms with Crippen LogP contribution in [0.1, 0.15) is 95.5 Å². The second-order valence-corrected chi connectivity index (χ2v) is 8.53. The lowest BCUT2D eigenvalue weighted by Gasteiger charge is -2.34. The van der Waals surface area contributed by atoms with Crippen LogP contribution in [-0.4, -0.2) is 0 Å². The van der Waals surface area contributed by atoms with Crippen molar-refractivity contribution in [1.29, 1.82) is 0 Å². The van der Waals surface area contributed by atoms with E-state index in [1.54, 1.807) is 12.1 Å². The maximum absolute atomic E-state index is 13.1. The second-order valence-electron chi connectivity index (χ2n) is 8.53. The fourth-order valence-electron chi connectivity index (χ4n) is 5.19. The molecule has 3 rings (SSSR count). The molecule has 0 aliphatic heterocycles. The van der Waals surface area contributed by atoms with E-state index >= 15 is 0 Å². The topological polar surface area (TPSA) is 0 Å². The first-order valence-electron chi connectivity index (χ1n) is 10.5. The van der Waals surface area contributed by atoms with Gasteiger partial charge in [-0.1, -0.05) is 64.0 Å². The minimum atomic E-state index is -0.109. The molecule has 1 heteroatoms. The fraction of sp³-hybridized carbons (Fsp3) is 0.739. The monoisotopic (exact) mass is 330 g/mol. The molecule has 0 aromatic heterocycles. The van der Waals surface area contributed by atoms with Gasteiger partial charge in [-0.25, -0.2) is 4.39 Å². The average Bonchev–Trinajstić information content (AvgIpc) is 2.63. The zero-order valence-corrected chi connectivity index (χ0v) is 15.5. The molecule has 0 N–H and O–H groups in total. The molecule has 1 aromatic rings. The van der Waals surface area contributed by atoms with Gasteiger partial charge in [0.25, 0.3) is 0 Å². The Balaban J connectivity index is 1.38. The van der Waals surface area contributed by atoms with Gasteiger partial charge in [-0.15, -0.1) is 0 Å². The number of benzene rings is 1. The van der Waals surface area contributed by atoms with Crippen LogP contribution in [0.25, 0.3) is 0 Å². The van der Waals surface area contributed by atoms with Gasteiger partial charge in [0.15, 0.2) is 0 Å². The van der Waals surface area contributed by atoms with Crippen molar-refractivity contribution in [3.63, 3.8) is 0 Å². The lowest BCUT2D eigenvalue weighted by molar-refractivity contribution is 0.199. The maximum Gasteiger partial charge on any atom is 0.123 e. The smallest absolute Gasteiger partial charge is 0.123 e. The third-order valence-corrected chi connectivity index (χ3v) is 6.79. The first-order chi connectivity index (χ1) is 11.7. The number of hydrogen-bond acceptors (Lipinski definition) is 0. The number of hydrogen-bond donors (Lipinski definition) is 0. The molecule has 0 atom stereocenters. The van der Waals surface area contributed by atoms with Crippen LogP contribution in [0.15, 0.2) is 24.3 Å². The standard InChI is InChI=1S/C23H35F/c1-2-3-4-18-5-7-19(8-6-18)17-20-9-11-21(12-10-20)22-13-15-23(24)16-14-22/h13-16,18-21H,2-12,17H2,1H3. The van der Waals surface area contributed by atoms with E-state index in [0.29, 0.717) is 5.92 Å². The maximum atomic E-state index is 13.1. The Hall–Kier alpha value is -0.850. The van der Waals surface area contributed by atoms with Gasteiger partial charge in [0.2, 0.25) is 0 Å². The highest BCUT2D eigenvalue weighted by molar-refractivity contribution is 5.20. The summed E-state index contributed by atoms with van der Waals surface area (Å²) in [6.45, 7) is 2.31. The quantitative estimate of drug-likeness (QED) is 0.507. The molecule has 0 nitrogen and oxygen atoms in total. The summed E-state index contributed by atoms with van der Waals surface area (Å²) < 4.78 is 13.1. The van der Waals surface area contributed by atoms with Crippen LogP contribution in [0.3, 0.4) is 0 Å². The summed E-state index contributed by atoms with van der Waals surface area (Å²) in [6.07, 6.45) is 17.1. The van der Waals surface area contributed by atoms with Crippen LogP contribution in [-0.2, 0) is 0 Å². The van der Waals surface area contributed by atoms with Gasteiger partial charge < -0.3 is 0 Å². The van der Waals surface area contributed by atoms with Crippen molar-refractivity contribution in [3.8, 4) is 0 Å². The van der Waals surface area contributed by atoms with E-state index in [-0.39, 0.29) is 5.82 Å². The SMILES string of the molecule is CCCCC1CCC(CC2CCC(c3ccc(F)cc3)CC2)CC1. The molecule has 2 aliphatic rings. The molecule has 1 aromatic carbocycles. The van der Waals surface area contributed by atoms with E-state index in [0.717, 1.165) is 17.8 Å². The number of rotatable bonds is 6. The normalized spacial score (nSPS) is 31.1. The predicted molar refractivity (Wildman–Crippen MR) is 101 cm³/mol. The molecule has 24 heavy (non-hydrogen) atoms. The van der Waals surface area contributed by atoms with Crippen molar-refractivity contribution >= 4 is 0 Å². The lowest BCUT2D eigenvalue weighted by atomic mass is 9.71. The Kier molecular flexibility index (Phi) is 6.75. The Bertz CT molecular complexity index is 461. The molecular weight excluding hydrogens is 295 g/mol. The Morgan fingerprint density at radius 3 is 1.92 bits per heavy atom. The van der Waals surface area contributed by atoms with Crippen LogP contribution in [0.5, 0.6) is 0 Å². The van der Waals surface area contributed by atoms with Crippen molar-refractivity contribution in [3.05, 3.63) is 35.6 Å². The summed E-state index contributed by atoms with van der Waals surface area (Å²) in [5, 5.41) is 0. The van der Waals surface area contributed by atoms with E-state index < -0.39 is 0 Å². The first-order valence-corrected chi connectivity index (χ1v) is 10.5. The Morgan fingerprint density at radius 2 is 1.33 bits per heavy atom. The summed E-state index contributed by atoms with van der Waals surface area (Å²) in [5.74, 6) is 3.57. The minimum absolute atomic E-state index is 0.109. The van der Waals surface area contributed by atoms with Crippen LogP contribution >= 0.6 is 0 Å². The van der Waals surface area contributed by atoms with Crippen LogP contribution in [0, 0.1) is 23.6 Å². The van der Waals surface area contributed by atoms with Crippen LogP contribution in [0.4, 0.5) is 4.39 Å². The molecule has 0 bridgehead atoms. The van der Waals surface area contributed by atoms with E-state index in [2.05, 4.69) is 6.92 Å². The zero-order valence-electron chi connectivity index (χ0n) is 15.5. The molecule has 0 spiro atoms. The van der Waals surface area contributed by atoms with Gasteiger partial charge in [-0.2, -0.15) is 0 Å². The number of unbranched alkanes of at least 4 members (excludes halogenated alkanes) is 1. The Morgan fingerprint density at radius 1 is 0.792 bits per heavy atom. The summed E-state index contributed by atoms with van der Waals surface area (Å²) >= 11 is 0. The van der Waals surface area contributed by atoms with Crippen molar-refractivity contribution in [2.24, 2.45) is 17.8 Å². The van der Waals surface area contributed by atoms with E-state index in [1.165, 1.54) is 82.6 Å². The molecule has 0 unspecified atom stereocenters. The highest BCUT2D eigenvalue weighted by atomic mass is 19.1. The molecule has 0 heterocycles. The number of halogens is 1. The average molecular weight is 331 g/mol. The minimum Gasteiger partial charge on any atom is -0.207 e. The molecule has 0 amide bonds. The third kappa shape index (κ3) is 5.07. The summed E-state index contributed by atoms with van der Waals surface area (Å²) in [6, 6.07) is 7.24. The van der Waals surface area contributed by atoms with Gasteiger partial charge in [-0.05, 0) is 73.5 Å². The van der Waals surface area contributed by atoms with Crippen molar-refractivity contribution in [1.82, 2.24) is 0 Å². The van der Waals surface area contributed by atoms with E-state index in [4.69, 9.17) is 0 Å². The van der Waals surface area contributed by atoms with Crippen molar-refractivity contribution < 1.29 is 4.39 Å². The van der Waals surface area contributed by atoms with E-state index in [1.807, 2.05) is 12.1 Å². The lowest BCUT2D eigenvalue weighted by Crippen LogP contribution is -2.20. The van der Waals surface area contributed by atoms with Gasteiger partial charge in [0.1, 0.15) is 5.82 Å². The van der Waals surface area contributed by atoms with E-state index in [9.17, 15) is 4.39 Å². The summed E-state index contributed by atoms with van der Waals surface area (Å²) in [7, 11) is 0. The molecule has 2 fully saturated rings. The zero-order chi connectivity index (χ0) is 16.8. The summed E-state index contributed by atoms with van der Waals surface area (Å²) in [5.41, 5.74) is 1.35. The Labute approximate surface area is 148 Å². The van der Waals surface area contributed by atoms with Crippen molar-refractivity contribution in [2.75, 3.05) is 0 Å². The van der Waals surface area contributed by atoms with Gasteiger partial charge in [-0.3, -0.25) is 0 Å². The molecule has 0 radical (unpaired) electrons. The van der Waals surface area contributed by atoms with Crippen molar-refractivity contribution in [2.45, 2.75) is 89.9 Å². The molecular formula is C23H35F. The highest BCUT2D eigenvalue weighted by Crippen LogP contribution is 2.41. The van der Waals surface area contributed by atoms with Crippen LogP contribution < -0.4 is 0 Å². The van der Waals surface area contributed by atoms with Gasteiger partial charge in [0, 0.05) is 0 Å². The molecule has 2 saturated carbocycles. The fourth-order valence-corrected chi connectivity index (χ4v) is 5.19. The van der Waals surface area contributed by atoms with Gasteiger partial charge in [0.05, 0.1) is 0 Å². The summed E-state index contributed by atoms with van der Waals surface area (Å²) in [4.78, 5) is 0. The van der Waals surface area contributed by atoms with Gasteiger partial charge >= 0.3 is 0 Å². The predicted octanol–water partition coefficient (Wildman–Crippen LogP) is 7.49. The molecule has 134 valence electrons. The first kappa shape index (κ1) is 18.0. The van der Waals surface area contributed by atoms with Crippen LogP contribution in [0.2, 0.25) is 0 Å². The largest absolute Gasteiger partial charge is 0.207 e. The second kappa shape index (κ2) is 9.02. The molecule has 0 saturated heterocycles. The highest BCUT2D eigenvalue weighted by Gasteiger charge is 2.27. The third-order valence-electron chi connectivity index (χ3n) is 6.79. The molecule has 2 aliphatic carbocycles.